The van der Waals surface area contributed by atoms with E-state index in [1.165, 1.54) is 11.1 Å². The van der Waals surface area contributed by atoms with Crippen LogP contribution in [0.15, 0.2) is 54.7 Å². The first kappa shape index (κ1) is 30.4. The summed E-state index contributed by atoms with van der Waals surface area (Å²) < 4.78 is 11.6. The lowest BCUT2D eigenvalue weighted by molar-refractivity contribution is -0.124. The summed E-state index contributed by atoms with van der Waals surface area (Å²) in [7, 11) is 3.43. The number of ether oxygens (including phenoxy) is 2. The quantitative estimate of drug-likeness (QED) is 0.317. The molecular formula is C33H34N6O5S. The number of morpholine rings is 1. The smallest absolute Gasteiger partial charge is 0.265 e. The number of aryl methyl sites for hydroxylation is 1. The lowest BCUT2D eigenvalue weighted by Crippen LogP contribution is -2.40. The number of anilines is 1. The van der Waals surface area contributed by atoms with E-state index >= 15 is 0 Å². The average molecular weight is 627 g/mol. The molecule has 1 saturated heterocycles. The fourth-order valence-corrected chi connectivity index (χ4v) is 6.36. The van der Waals surface area contributed by atoms with E-state index in [9.17, 15) is 14.4 Å². The van der Waals surface area contributed by atoms with Crippen LogP contribution in [0.4, 0.5) is 5.13 Å². The number of hydrogen-bond donors (Lipinski definition) is 1. The monoisotopic (exact) mass is 626 g/mol. The first-order valence-corrected chi connectivity index (χ1v) is 15.5. The summed E-state index contributed by atoms with van der Waals surface area (Å²) in [6.45, 7) is 7.68. The number of carbonyl (C=O) groups excluding carboxylic acids is 3. The summed E-state index contributed by atoms with van der Waals surface area (Å²) in [4.78, 5) is 56.8. The van der Waals surface area contributed by atoms with Gasteiger partial charge in [0.2, 0.25) is 17.7 Å². The van der Waals surface area contributed by atoms with Gasteiger partial charge >= 0.3 is 0 Å². The maximum Gasteiger partial charge on any atom is 0.265 e. The molecule has 0 spiro atoms. The van der Waals surface area contributed by atoms with Gasteiger partial charge < -0.3 is 24.6 Å². The second kappa shape index (κ2) is 12.0. The van der Waals surface area contributed by atoms with Gasteiger partial charge in [-0.1, -0.05) is 49.4 Å². The standard InChI is InChI=1S/C33H34N6O5S/c1-19-6-11-22-26(33(2,3)31(42)37-32-34-18-25(45-32)30(41)39-14-16-43-17-15-39)23-12-13-24(36-28(23)44-27(22)35-19)20-7-9-21(10-8-20)29(40)38(4)5/h6-13,18,26H,14-17H2,1-5H3,(H,34,37,42)/t26-/m0/s1. The number of aromatic nitrogens is 3. The summed E-state index contributed by atoms with van der Waals surface area (Å²) in [5.74, 6) is -0.146. The molecule has 4 aromatic rings. The molecule has 3 aromatic heterocycles. The normalized spacial score (nSPS) is 15.8. The van der Waals surface area contributed by atoms with Crippen LogP contribution in [0.5, 0.6) is 11.8 Å². The van der Waals surface area contributed by atoms with Crippen molar-refractivity contribution in [3.05, 3.63) is 82.0 Å². The van der Waals surface area contributed by atoms with Crippen LogP contribution < -0.4 is 10.1 Å². The van der Waals surface area contributed by atoms with Crippen molar-refractivity contribution in [3.63, 3.8) is 0 Å². The Kier molecular flexibility index (Phi) is 8.10. The third-order valence-corrected chi connectivity index (χ3v) is 9.01. The van der Waals surface area contributed by atoms with Crippen LogP contribution in [0.2, 0.25) is 0 Å². The number of thiazole rings is 1. The summed E-state index contributed by atoms with van der Waals surface area (Å²) in [5, 5.41) is 3.30. The van der Waals surface area contributed by atoms with E-state index in [2.05, 4.69) is 15.3 Å². The molecule has 0 bridgehead atoms. The number of hydrogen-bond acceptors (Lipinski definition) is 9. The molecule has 6 rings (SSSR count). The van der Waals surface area contributed by atoms with Crippen LogP contribution >= 0.6 is 11.3 Å². The van der Waals surface area contributed by atoms with Crippen molar-refractivity contribution in [2.45, 2.75) is 26.7 Å². The highest BCUT2D eigenvalue weighted by Crippen LogP contribution is 2.51. The van der Waals surface area contributed by atoms with E-state index in [1.54, 1.807) is 31.1 Å². The van der Waals surface area contributed by atoms with Gasteiger partial charge in [0.05, 0.1) is 30.5 Å². The van der Waals surface area contributed by atoms with E-state index in [1.807, 2.05) is 57.2 Å². The van der Waals surface area contributed by atoms with Crippen molar-refractivity contribution >= 4 is 34.2 Å². The van der Waals surface area contributed by atoms with Gasteiger partial charge in [0.15, 0.2) is 5.13 Å². The Morgan fingerprint density at radius 3 is 2.31 bits per heavy atom. The zero-order valence-electron chi connectivity index (χ0n) is 25.8. The summed E-state index contributed by atoms with van der Waals surface area (Å²) in [6, 6.07) is 14.9. The number of rotatable bonds is 6. The molecule has 2 aliphatic heterocycles. The molecule has 1 aromatic carbocycles. The number of nitrogens with zero attached hydrogens (tertiary/aromatic N) is 5. The Morgan fingerprint density at radius 2 is 1.62 bits per heavy atom. The number of fused-ring (bicyclic) bond motifs is 2. The molecule has 2 aliphatic rings. The summed E-state index contributed by atoms with van der Waals surface area (Å²) in [5.41, 5.74) is 3.36. The molecule has 5 heterocycles. The lowest BCUT2D eigenvalue weighted by atomic mass is 9.70. The van der Waals surface area contributed by atoms with E-state index in [0.29, 0.717) is 59.3 Å². The molecule has 0 saturated carbocycles. The number of nitrogens with one attached hydrogen (secondary N) is 1. The maximum atomic E-state index is 14.0. The number of pyridine rings is 2. The molecule has 1 fully saturated rings. The zero-order valence-corrected chi connectivity index (χ0v) is 26.6. The molecule has 12 heteroatoms. The van der Waals surface area contributed by atoms with Crippen LogP contribution in [0, 0.1) is 12.3 Å². The van der Waals surface area contributed by atoms with E-state index in [4.69, 9.17) is 14.5 Å². The SMILES string of the molecule is Cc1ccc2c(n1)Oc1nc(-c3ccc(C(=O)N(C)C)cc3)ccc1[C@H]2C(C)(C)C(=O)Nc1ncc(C(=O)N2CCOCC2)s1. The van der Waals surface area contributed by atoms with E-state index in [-0.39, 0.29) is 17.7 Å². The van der Waals surface area contributed by atoms with Crippen molar-refractivity contribution in [2.24, 2.45) is 5.41 Å². The van der Waals surface area contributed by atoms with Crippen LogP contribution in [0.25, 0.3) is 11.3 Å². The third-order valence-electron chi connectivity index (χ3n) is 8.11. The second-order valence-corrected chi connectivity index (χ2v) is 12.9. The van der Waals surface area contributed by atoms with Gasteiger partial charge in [-0.05, 0) is 31.2 Å². The van der Waals surface area contributed by atoms with E-state index < -0.39 is 11.3 Å². The Morgan fingerprint density at radius 1 is 0.956 bits per heavy atom. The molecule has 3 amide bonds. The molecule has 1 atom stereocenters. The van der Waals surface area contributed by atoms with Crippen LogP contribution in [0.1, 0.15) is 56.6 Å². The highest BCUT2D eigenvalue weighted by molar-refractivity contribution is 7.17. The van der Waals surface area contributed by atoms with Gasteiger partial charge in [0.25, 0.3) is 11.8 Å². The maximum absolute atomic E-state index is 14.0. The van der Waals surface area contributed by atoms with Crippen molar-refractivity contribution in [3.8, 4) is 23.0 Å². The lowest BCUT2D eigenvalue weighted by Gasteiger charge is -2.37. The fraction of sp³-hybridized carbons (Fsp3) is 0.333. The van der Waals surface area contributed by atoms with E-state index in [0.717, 1.165) is 33.7 Å². The first-order valence-electron chi connectivity index (χ1n) is 14.7. The Bertz CT molecular complexity index is 1780. The van der Waals surface area contributed by atoms with Crippen LogP contribution in [0.3, 0.4) is 0 Å². The van der Waals surface area contributed by atoms with Crippen molar-refractivity contribution in [1.82, 2.24) is 24.8 Å². The van der Waals surface area contributed by atoms with Gasteiger partial charge in [0.1, 0.15) is 4.88 Å². The largest absolute Gasteiger partial charge is 0.420 e. The minimum atomic E-state index is -0.998. The van der Waals surface area contributed by atoms with Gasteiger partial charge in [-0.15, -0.1) is 0 Å². The number of carbonyl (C=O) groups is 3. The van der Waals surface area contributed by atoms with Crippen molar-refractivity contribution < 1.29 is 23.9 Å². The predicted octanol–water partition coefficient (Wildman–Crippen LogP) is 4.99. The zero-order chi connectivity index (χ0) is 31.9. The van der Waals surface area contributed by atoms with Crippen molar-refractivity contribution in [1.29, 1.82) is 0 Å². The molecule has 0 unspecified atom stereocenters. The number of benzene rings is 1. The molecule has 0 radical (unpaired) electrons. The fourth-order valence-electron chi connectivity index (χ4n) is 5.58. The molecular weight excluding hydrogens is 592 g/mol. The highest BCUT2D eigenvalue weighted by Gasteiger charge is 2.45. The Balaban J connectivity index is 1.29. The third kappa shape index (κ3) is 5.90. The van der Waals surface area contributed by atoms with Gasteiger partial charge in [0, 0.05) is 61.1 Å². The molecule has 1 N–H and O–H groups in total. The van der Waals surface area contributed by atoms with Crippen LogP contribution in [-0.2, 0) is 9.53 Å². The predicted molar refractivity (Wildman–Crippen MR) is 170 cm³/mol. The highest BCUT2D eigenvalue weighted by atomic mass is 32.1. The average Bonchev–Trinajstić information content (AvgIpc) is 3.51. The van der Waals surface area contributed by atoms with Gasteiger partial charge in [-0.2, -0.15) is 0 Å². The van der Waals surface area contributed by atoms with Crippen molar-refractivity contribution in [2.75, 3.05) is 45.7 Å². The Labute approximate surface area is 265 Å². The number of amides is 3. The summed E-state index contributed by atoms with van der Waals surface area (Å²) in [6.07, 6.45) is 1.51. The molecule has 11 nitrogen and oxygen atoms in total. The topological polar surface area (TPSA) is 127 Å². The Hall–Kier alpha value is -4.68. The van der Waals surface area contributed by atoms with Gasteiger partial charge in [-0.25, -0.2) is 15.0 Å². The minimum Gasteiger partial charge on any atom is -0.420 e. The molecule has 232 valence electrons. The molecule has 0 aliphatic carbocycles. The van der Waals surface area contributed by atoms with Crippen LogP contribution in [-0.4, -0.2) is 82.9 Å². The summed E-state index contributed by atoms with van der Waals surface area (Å²) >= 11 is 1.15. The first-order chi connectivity index (χ1) is 21.5. The minimum absolute atomic E-state index is 0.0812. The molecule has 45 heavy (non-hydrogen) atoms. The van der Waals surface area contributed by atoms with Gasteiger partial charge in [-0.3, -0.25) is 14.4 Å². The second-order valence-electron chi connectivity index (χ2n) is 11.9.